The Balaban J connectivity index is 1.59. The molecule has 2 aliphatic rings. The minimum Gasteiger partial charge on any atom is -0.340 e. The van der Waals surface area contributed by atoms with Gasteiger partial charge in [-0.05, 0) is 38.3 Å². The van der Waals surface area contributed by atoms with E-state index in [0.29, 0.717) is 11.9 Å². The highest BCUT2D eigenvalue weighted by molar-refractivity contribution is 4.88. The summed E-state index contributed by atoms with van der Waals surface area (Å²) in [6.45, 7) is 6.07. The molecule has 1 N–H and O–H groups in total. The quantitative estimate of drug-likeness (QED) is 0.918. The Morgan fingerprint density at radius 1 is 1.25 bits per heavy atom. The van der Waals surface area contributed by atoms with Crippen molar-refractivity contribution in [2.45, 2.75) is 58.0 Å². The van der Waals surface area contributed by atoms with Crippen molar-refractivity contribution in [1.82, 2.24) is 20.4 Å². The fourth-order valence-electron chi connectivity index (χ4n) is 3.63. The topological polar surface area (TPSA) is 54.2 Å². The van der Waals surface area contributed by atoms with Crippen molar-refractivity contribution < 1.29 is 4.52 Å². The lowest BCUT2D eigenvalue weighted by Crippen LogP contribution is -2.43. The third kappa shape index (κ3) is 3.58. The number of nitrogens with zero attached hydrogens (tertiary/aromatic N) is 3. The van der Waals surface area contributed by atoms with E-state index in [9.17, 15) is 0 Å². The van der Waals surface area contributed by atoms with Crippen LogP contribution in [0.4, 0.5) is 0 Å². The van der Waals surface area contributed by atoms with Crippen LogP contribution in [-0.4, -0.2) is 40.7 Å². The molecule has 1 atom stereocenters. The molecule has 1 aromatic heterocycles. The summed E-state index contributed by atoms with van der Waals surface area (Å²) in [5, 5.41) is 7.80. The number of nitrogens with one attached hydrogen (secondary N) is 1. The van der Waals surface area contributed by atoms with Gasteiger partial charge in [0.25, 0.3) is 0 Å². The molecule has 20 heavy (non-hydrogen) atoms. The minimum absolute atomic E-state index is 0.644. The summed E-state index contributed by atoms with van der Waals surface area (Å²) >= 11 is 0. The maximum atomic E-state index is 5.08. The average Bonchev–Trinajstić information content (AvgIpc) is 2.74. The molecule has 1 aliphatic carbocycles. The van der Waals surface area contributed by atoms with Crippen LogP contribution in [0.15, 0.2) is 4.52 Å². The van der Waals surface area contributed by atoms with Gasteiger partial charge in [0, 0.05) is 19.5 Å². The second-order valence-corrected chi connectivity index (χ2v) is 6.28. The van der Waals surface area contributed by atoms with Crippen LogP contribution < -0.4 is 5.32 Å². The molecule has 3 rings (SSSR count). The zero-order valence-electron chi connectivity index (χ0n) is 12.5. The fraction of sp³-hybridized carbons (Fsp3) is 0.867. The summed E-state index contributed by atoms with van der Waals surface area (Å²) in [5.74, 6) is 2.35. The monoisotopic (exact) mass is 278 g/mol. The lowest BCUT2D eigenvalue weighted by molar-refractivity contribution is 0.197. The Morgan fingerprint density at radius 2 is 2.10 bits per heavy atom. The van der Waals surface area contributed by atoms with E-state index in [1.54, 1.807) is 0 Å². The smallest absolute Gasteiger partial charge is 0.223 e. The van der Waals surface area contributed by atoms with Crippen molar-refractivity contribution in [3.8, 4) is 0 Å². The van der Waals surface area contributed by atoms with Crippen molar-refractivity contribution in [3.63, 3.8) is 0 Å². The number of aromatic nitrogens is 2. The van der Waals surface area contributed by atoms with Crippen molar-refractivity contribution in [2.24, 2.45) is 5.92 Å². The molecule has 0 amide bonds. The molecule has 2 fully saturated rings. The van der Waals surface area contributed by atoms with E-state index in [1.165, 1.54) is 38.5 Å². The largest absolute Gasteiger partial charge is 0.340 e. The molecule has 0 bridgehead atoms. The Kier molecular flexibility index (Phi) is 4.68. The molecule has 5 nitrogen and oxygen atoms in total. The zero-order valence-corrected chi connectivity index (χ0v) is 12.5. The standard InChI is InChI=1S/C15H26N4O/c1-12-17-15(18-20-12)11-19-9-5-8-16-14(10-19)13-6-3-2-4-7-13/h13-14,16H,2-11H2,1H3. The first kappa shape index (κ1) is 14.0. The van der Waals surface area contributed by atoms with Crippen LogP contribution in [0, 0.1) is 12.8 Å². The van der Waals surface area contributed by atoms with Gasteiger partial charge < -0.3 is 9.84 Å². The van der Waals surface area contributed by atoms with Crippen molar-refractivity contribution >= 4 is 0 Å². The maximum absolute atomic E-state index is 5.08. The maximum Gasteiger partial charge on any atom is 0.223 e. The minimum atomic E-state index is 0.644. The highest BCUT2D eigenvalue weighted by atomic mass is 16.5. The van der Waals surface area contributed by atoms with Gasteiger partial charge in [0.1, 0.15) is 0 Å². The summed E-state index contributed by atoms with van der Waals surface area (Å²) in [6.07, 6.45) is 8.24. The van der Waals surface area contributed by atoms with Crippen molar-refractivity contribution in [1.29, 1.82) is 0 Å². The summed E-state index contributed by atoms with van der Waals surface area (Å²) in [4.78, 5) is 6.82. The number of hydrogen-bond donors (Lipinski definition) is 1. The van der Waals surface area contributed by atoms with Gasteiger partial charge in [-0.1, -0.05) is 24.4 Å². The molecular formula is C15H26N4O. The molecular weight excluding hydrogens is 252 g/mol. The highest BCUT2D eigenvalue weighted by Gasteiger charge is 2.27. The van der Waals surface area contributed by atoms with Crippen molar-refractivity contribution in [3.05, 3.63) is 11.7 Å². The van der Waals surface area contributed by atoms with Gasteiger partial charge in [0.05, 0.1) is 6.54 Å². The number of hydrogen-bond acceptors (Lipinski definition) is 5. The lowest BCUT2D eigenvalue weighted by atomic mass is 9.83. The third-order valence-electron chi connectivity index (χ3n) is 4.67. The van der Waals surface area contributed by atoms with Gasteiger partial charge in [-0.25, -0.2) is 0 Å². The summed E-state index contributed by atoms with van der Waals surface area (Å²) in [6, 6.07) is 0.644. The van der Waals surface area contributed by atoms with E-state index in [0.717, 1.165) is 37.9 Å². The Labute approximate surface area is 121 Å². The van der Waals surface area contributed by atoms with Crippen LogP contribution in [0.1, 0.15) is 50.2 Å². The molecule has 2 heterocycles. The molecule has 0 aromatic carbocycles. The summed E-state index contributed by atoms with van der Waals surface area (Å²) < 4.78 is 5.08. The van der Waals surface area contributed by atoms with Gasteiger partial charge >= 0.3 is 0 Å². The first-order valence-electron chi connectivity index (χ1n) is 8.06. The molecule has 1 unspecified atom stereocenters. The van der Waals surface area contributed by atoms with Gasteiger partial charge in [-0.15, -0.1) is 0 Å². The SMILES string of the molecule is Cc1nc(CN2CCCNC(C3CCCCC3)C2)no1. The average molecular weight is 278 g/mol. The van der Waals surface area contributed by atoms with Crippen LogP contribution in [-0.2, 0) is 6.54 Å². The second kappa shape index (κ2) is 6.68. The predicted octanol–water partition coefficient (Wildman–Crippen LogP) is 2.12. The highest BCUT2D eigenvalue weighted by Crippen LogP contribution is 2.27. The lowest BCUT2D eigenvalue weighted by Gasteiger charge is -2.32. The molecule has 112 valence electrons. The normalized spacial score (nSPS) is 26.6. The summed E-state index contributed by atoms with van der Waals surface area (Å²) in [7, 11) is 0. The van der Waals surface area contributed by atoms with Gasteiger partial charge in [-0.3, -0.25) is 4.90 Å². The Morgan fingerprint density at radius 3 is 2.85 bits per heavy atom. The van der Waals surface area contributed by atoms with E-state index >= 15 is 0 Å². The van der Waals surface area contributed by atoms with E-state index in [4.69, 9.17) is 4.52 Å². The second-order valence-electron chi connectivity index (χ2n) is 6.28. The van der Waals surface area contributed by atoms with Crippen LogP contribution in [0.25, 0.3) is 0 Å². The van der Waals surface area contributed by atoms with Crippen LogP contribution >= 0.6 is 0 Å². The van der Waals surface area contributed by atoms with Crippen LogP contribution in [0.5, 0.6) is 0 Å². The third-order valence-corrected chi connectivity index (χ3v) is 4.67. The van der Waals surface area contributed by atoms with Crippen LogP contribution in [0.3, 0.4) is 0 Å². The van der Waals surface area contributed by atoms with Gasteiger partial charge in [-0.2, -0.15) is 4.98 Å². The Hall–Kier alpha value is -0.940. The molecule has 1 saturated heterocycles. The molecule has 1 aromatic rings. The Bertz CT molecular complexity index is 414. The molecule has 1 aliphatic heterocycles. The molecule has 5 heteroatoms. The zero-order chi connectivity index (χ0) is 13.8. The predicted molar refractivity (Wildman–Crippen MR) is 77.3 cm³/mol. The molecule has 0 radical (unpaired) electrons. The van der Waals surface area contributed by atoms with E-state index < -0.39 is 0 Å². The molecule has 1 saturated carbocycles. The van der Waals surface area contributed by atoms with E-state index in [-0.39, 0.29) is 0 Å². The number of rotatable bonds is 3. The van der Waals surface area contributed by atoms with Gasteiger partial charge in [0.15, 0.2) is 5.82 Å². The number of aryl methyl sites for hydroxylation is 1. The van der Waals surface area contributed by atoms with E-state index in [2.05, 4.69) is 20.4 Å². The van der Waals surface area contributed by atoms with Crippen molar-refractivity contribution in [2.75, 3.05) is 19.6 Å². The first-order valence-corrected chi connectivity index (χ1v) is 8.06. The summed E-state index contributed by atoms with van der Waals surface area (Å²) in [5.41, 5.74) is 0. The first-order chi connectivity index (χ1) is 9.81. The molecule has 0 spiro atoms. The fourth-order valence-corrected chi connectivity index (χ4v) is 3.63. The van der Waals surface area contributed by atoms with E-state index in [1.807, 2.05) is 6.92 Å². The van der Waals surface area contributed by atoms with Crippen LogP contribution in [0.2, 0.25) is 0 Å². The van der Waals surface area contributed by atoms with Gasteiger partial charge in [0.2, 0.25) is 5.89 Å².